The van der Waals surface area contributed by atoms with Crippen molar-refractivity contribution in [3.05, 3.63) is 52.5 Å². The zero-order valence-corrected chi connectivity index (χ0v) is 15.2. The summed E-state index contributed by atoms with van der Waals surface area (Å²) in [6.07, 6.45) is 3.17. The molecule has 0 aliphatic carbocycles. The van der Waals surface area contributed by atoms with Gasteiger partial charge in [-0.25, -0.2) is 0 Å². The smallest absolute Gasteiger partial charge is 0.248 e. The second-order valence-electron chi connectivity index (χ2n) is 4.78. The maximum absolute atomic E-state index is 12.1. The number of hydrogen-bond donors (Lipinski definition) is 1. The Bertz CT molecular complexity index is 741. The van der Waals surface area contributed by atoms with Gasteiger partial charge in [0.2, 0.25) is 5.91 Å². The van der Waals surface area contributed by atoms with Crippen LogP contribution >= 0.6 is 15.9 Å². The monoisotopic (exact) mass is 391 g/mol. The van der Waals surface area contributed by atoms with Crippen molar-refractivity contribution in [2.75, 3.05) is 26.6 Å². The zero-order chi connectivity index (χ0) is 17.5. The van der Waals surface area contributed by atoms with E-state index in [0.29, 0.717) is 17.2 Å². The Kier molecular flexibility index (Phi) is 6.26. The van der Waals surface area contributed by atoms with Gasteiger partial charge in [-0.2, -0.15) is 0 Å². The van der Waals surface area contributed by atoms with Crippen LogP contribution in [0.5, 0.6) is 17.2 Å². The van der Waals surface area contributed by atoms with Crippen LogP contribution in [0.25, 0.3) is 6.08 Å². The quantitative estimate of drug-likeness (QED) is 0.752. The van der Waals surface area contributed by atoms with Crippen LogP contribution in [0.2, 0.25) is 0 Å². The van der Waals surface area contributed by atoms with Gasteiger partial charge < -0.3 is 19.5 Å². The molecule has 6 heteroatoms. The fourth-order valence-corrected chi connectivity index (χ4v) is 2.50. The lowest BCUT2D eigenvalue weighted by molar-refractivity contribution is -0.111. The number of amides is 1. The van der Waals surface area contributed by atoms with Gasteiger partial charge in [-0.3, -0.25) is 4.79 Å². The summed E-state index contributed by atoms with van der Waals surface area (Å²) < 4.78 is 16.4. The van der Waals surface area contributed by atoms with Crippen LogP contribution in [-0.2, 0) is 4.79 Å². The van der Waals surface area contributed by atoms with Crippen molar-refractivity contribution >= 4 is 33.6 Å². The van der Waals surface area contributed by atoms with Crippen LogP contribution in [0, 0.1) is 0 Å². The zero-order valence-electron chi connectivity index (χ0n) is 13.6. The highest BCUT2D eigenvalue weighted by Crippen LogP contribution is 2.36. The molecule has 0 unspecified atom stereocenters. The number of carbonyl (C=O) groups excluding carboxylic acids is 1. The minimum atomic E-state index is -0.270. The van der Waals surface area contributed by atoms with Gasteiger partial charge >= 0.3 is 0 Å². The van der Waals surface area contributed by atoms with Gasteiger partial charge in [0.25, 0.3) is 0 Å². The van der Waals surface area contributed by atoms with Gasteiger partial charge in [-0.1, -0.05) is 12.1 Å². The van der Waals surface area contributed by atoms with E-state index in [2.05, 4.69) is 21.2 Å². The summed E-state index contributed by atoms with van der Waals surface area (Å²) in [5.41, 5.74) is 1.42. The van der Waals surface area contributed by atoms with Crippen molar-refractivity contribution in [3.8, 4) is 17.2 Å². The van der Waals surface area contributed by atoms with Gasteiger partial charge in [0.15, 0.2) is 0 Å². The molecule has 0 atom stereocenters. The van der Waals surface area contributed by atoms with Crippen molar-refractivity contribution < 1.29 is 19.0 Å². The topological polar surface area (TPSA) is 56.8 Å². The summed E-state index contributed by atoms with van der Waals surface area (Å²) in [4.78, 5) is 12.1. The maximum Gasteiger partial charge on any atom is 0.248 e. The Balaban J connectivity index is 2.12. The van der Waals surface area contributed by atoms with E-state index in [1.165, 1.54) is 13.2 Å². The molecule has 0 bridgehead atoms. The molecule has 24 heavy (non-hydrogen) atoms. The van der Waals surface area contributed by atoms with Crippen molar-refractivity contribution in [1.82, 2.24) is 0 Å². The Morgan fingerprint density at radius 3 is 2.25 bits per heavy atom. The van der Waals surface area contributed by atoms with Crippen molar-refractivity contribution in [2.24, 2.45) is 0 Å². The third kappa shape index (κ3) is 4.52. The first-order chi connectivity index (χ1) is 11.6. The number of halogens is 1. The molecule has 0 heterocycles. The molecular formula is C18H18BrNO4. The van der Waals surface area contributed by atoms with Crippen molar-refractivity contribution in [1.29, 1.82) is 0 Å². The second-order valence-corrected chi connectivity index (χ2v) is 5.64. The normalized spacial score (nSPS) is 10.5. The predicted molar refractivity (Wildman–Crippen MR) is 97.9 cm³/mol. The standard InChI is InChI=1S/C18H18BrNO4/c1-22-13-7-4-12(5-8-13)6-9-18(21)20-15-11-16(23-2)14(19)10-17(15)24-3/h4-11H,1-3H3,(H,20,21)/b9-6+. The molecule has 2 aromatic rings. The number of nitrogens with one attached hydrogen (secondary N) is 1. The number of benzene rings is 2. The van der Waals surface area contributed by atoms with Crippen LogP contribution in [0.15, 0.2) is 46.9 Å². The summed E-state index contributed by atoms with van der Waals surface area (Å²) in [5, 5.41) is 2.78. The van der Waals surface area contributed by atoms with Gasteiger partial charge in [0.05, 0.1) is 31.5 Å². The summed E-state index contributed by atoms with van der Waals surface area (Å²) in [6.45, 7) is 0. The Hall–Kier alpha value is -2.47. The number of carbonyl (C=O) groups is 1. The molecule has 0 fully saturated rings. The molecule has 0 aliphatic heterocycles. The number of rotatable bonds is 6. The molecule has 0 radical (unpaired) electrons. The lowest BCUT2D eigenvalue weighted by atomic mass is 10.2. The molecule has 0 aliphatic rings. The average Bonchev–Trinajstić information content (AvgIpc) is 2.61. The van der Waals surface area contributed by atoms with Crippen LogP contribution in [0.4, 0.5) is 5.69 Å². The van der Waals surface area contributed by atoms with E-state index in [0.717, 1.165) is 15.8 Å². The SMILES string of the molecule is COc1ccc(/C=C/C(=O)Nc2cc(OC)c(Br)cc2OC)cc1. The minimum absolute atomic E-state index is 0.270. The van der Waals surface area contributed by atoms with Crippen LogP contribution in [0.3, 0.4) is 0 Å². The Morgan fingerprint density at radius 2 is 1.67 bits per heavy atom. The van der Waals surface area contributed by atoms with E-state index in [4.69, 9.17) is 14.2 Å². The molecule has 2 aromatic carbocycles. The highest BCUT2D eigenvalue weighted by Gasteiger charge is 2.11. The summed E-state index contributed by atoms with van der Waals surface area (Å²) in [7, 11) is 4.71. The molecular weight excluding hydrogens is 374 g/mol. The predicted octanol–water partition coefficient (Wildman–Crippen LogP) is 4.13. The maximum atomic E-state index is 12.1. The minimum Gasteiger partial charge on any atom is -0.497 e. The number of hydrogen-bond acceptors (Lipinski definition) is 4. The number of anilines is 1. The fraction of sp³-hybridized carbons (Fsp3) is 0.167. The summed E-state index contributed by atoms with van der Waals surface area (Å²) in [5.74, 6) is 1.64. The first-order valence-corrected chi connectivity index (χ1v) is 7.91. The Morgan fingerprint density at radius 1 is 1.00 bits per heavy atom. The third-order valence-electron chi connectivity index (χ3n) is 3.27. The number of methoxy groups -OCH3 is 3. The van der Waals surface area contributed by atoms with Gasteiger partial charge in [-0.05, 0) is 39.7 Å². The highest BCUT2D eigenvalue weighted by molar-refractivity contribution is 9.10. The highest BCUT2D eigenvalue weighted by atomic mass is 79.9. The van der Waals surface area contributed by atoms with Crippen molar-refractivity contribution in [2.45, 2.75) is 0 Å². The number of ether oxygens (including phenoxy) is 3. The van der Waals surface area contributed by atoms with E-state index in [1.54, 1.807) is 32.4 Å². The molecule has 0 saturated carbocycles. The lowest BCUT2D eigenvalue weighted by Gasteiger charge is -2.12. The first kappa shape index (κ1) is 17.9. The van der Waals surface area contributed by atoms with E-state index in [1.807, 2.05) is 24.3 Å². The molecule has 0 spiro atoms. The van der Waals surface area contributed by atoms with Crippen LogP contribution in [0.1, 0.15) is 5.56 Å². The first-order valence-electron chi connectivity index (χ1n) is 7.12. The van der Waals surface area contributed by atoms with Crippen LogP contribution < -0.4 is 19.5 Å². The van der Waals surface area contributed by atoms with Gasteiger partial charge in [-0.15, -0.1) is 0 Å². The van der Waals surface area contributed by atoms with E-state index >= 15 is 0 Å². The molecule has 0 saturated heterocycles. The van der Waals surface area contributed by atoms with Crippen LogP contribution in [-0.4, -0.2) is 27.2 Å². The summed E-state index contributed by atoms with van der Waals surface area (Å²) >= 11 is 3.38. The van der Waals surface area contributed by atoms with E-state index in [-0.39, 0.29) is 5.91 Å². The Labute approximate surface area is 149 Å². The average molecular weight is 392 g/mol. The molecule has 5 nitrogen and oxygen atoms in total. The van der Waals surface area contributed by atoms with E-state index in [9.17, 15) is 4.79 Å². The van der Waals surface area contributed by atoms with Gasteiger partial charge in [0.1, 0.15) is 17.2 Å². The molecule has 0 aromatic heterocycles. The van der Waals surface area contributed by atoms with Crippen molar-refractivity contribution in [3.63, 3.8) is 0 Å². The molecule has 1 amide bonds. The molecule has 126 valence electrons. The van der Waals surface area contributed by atoms with Gasteiger partial charge in [0, 0.05) is 18.2 Å². The fourth-order valence-electron chi connectivity index (χ4n) is 2.02. The third-order valence-corrected chi connectivity index (χ3v) is 3.89. The molecule has 2 rings (SSSR count). The lowest BCUT2D eigenvalue weighted by Crippen LogP contribution is -2.09. The van der Waals surface area contributed by atoms with E-state index < -0.39 is 0 Å². The summed E-state index contributed by atoms with van der Waals surface area (Å²) in [6, 6.07) is 10.8. The largest absolute Gasteiger partial charge is 0.497 e. The molecule has 1 N–H and O–H groups in total. The second kappa shape index (κ2) is 8.40.